The molecule has 0 fully saturated rings. The molecule has 3 N–H and O–H groups in total. The SMILES string of the molecule is CC(C)(O)c1cccc(Cn2cc(-c3cc(N)nc4c(F)cccc34)nn2)n1. The van der Waals surface area contributed by atoms with Crippen LogP contribution in [0.15, 0.2) is 48.7 Å². The molecule has 0 radical (unpaired) electrons. The number of nitrogens with two attached hydrogens (primary N) is 1. The molecule has 4 aromatic rings. The summed E-state index contributed by atoms with van der Waals surface area (Å²) in [7, 11) is 0. The van der Waals surface area contributed by atoms with Gasteiger partial charge in [0.15, 0.2) is 0 Å². The summed E-state index contributed by atoms with van der Waals surface area (Å²) in [4.78, 5) is 8.56. The summed E-state index contributed by atoms with van der Waals surface area (Å²) in [5.74, 6) is -0.229. The molecule has 0 aliphatic carbocycles. The molecule has 3 heterocycles. The van der Waals surface area contributed by atoms with Gasteiger partial charge >= 0.3 is 0 Å². The van der Waals surface area contributed by atoms with Crippen molar-refractivity contribution in [1.29, 1.82) is 0 Å². The van der Waals surface area contributed by atoms with Crippen LogP contribution in [-0.2, 0) is 12.1 Å². The number of aromatic nitrogens is 5. The standard InChI is InChI=1S/C20H19FN6O/c1-20(2,28)17-8-3-5-12(23-17)10-27-11-16(25-26-27)14-9-18(22)24-19-13(14)6-4-7-15(19)21/h3-9,11,28H,10H2,1-2H3,(H2,22,24). The van der Waals surface area contributed by atoms with Gasteiger partial charge in [-0.25, -0.2) is 14.1 Å². The Morgan fingerprint density at radius 2 is 1.93 bits per heavy atom. The van der Waals surface area contributed by atoms with Crippen LogP contribution in [0.2, 0.25) is 0 Å². The van der Waals surface area contributed by atoms with Crippen LogP contribution in [0.4, 0.5) is 10.2 Å². The van der Waals surface area contributed by atoms with E-state index in [2.05, 4.69) is 20.3 Å². The van der Waals surface area contributed by atoms with Crippen LogP contribution in [-0.4, -0.2) is 30.1 Å². The Balaban J connectivity index is 1.70. The summed E-state index contributed by atoms with van der Waals surface area (Å²) in [6.45, 7) is 3.75. The van der Waals surface area contributed by atoms with E-state index in [4.69, 9.17) is 5.73 Å². The van der Waals surface area contributed by atoms with Crippen molar-refractivity contribution in [2.24, 2.45) is 0 Å². The maximum absolute atomic E-state index is 14.1. The molecule has 7 nitrogen and oxygen atoms in total. The number of nitrogens with zero attached hydrogens (tertiary/aromatic N) is 5. The van der Waals surface area contributed by atoms with E-state index in [1.54, 1.807) is 49.0 Å². The summed E-state index contributed by atoms with van der Waals surface area (Å²) in [6, 6.07) is 11.9. The van der Waals surface area contributed by atoms with Gasteiger partial charge in [-0.05, 0) is 38.1 Å². The fourth-order valence-electron chi connectivity index (χ4n) is 3.02. The number of halogens is 1. The largest absolute Gasteiger partial charge is 0.384 e. The number of benzene rings is 1. The fourth-order valence-corrected chi connectivity index (χ4v) is 3.02. The first-order valence-electron chi connectivity index (χ1n) is 8.75. The average molecular weight is 378 g/mol. The smallest absolute Gasteiger partial charge is 0.149 e. The second kappa shape index (κ2) is 6.65. The van der Waals surface area contributed by atoms with Crippen LogP contribution < -0.4 is 5.73 Å². The van der Waals surface area contributed by atoms with Crippen molar-refractivity contribution in [2.75, 3.05) is 5.73 Å². The minimum absolute atomic E-state index is 0.201. The number of hydrogen-bond donors (Lipinski definition) is 2. The molecule has 0 saturated heterocycles. The predicted molar refractivity (Wildman–Crippen MR) is 104 cm³/mol. The zero-order valence-electron chi connectivity index (χ0n) is 15.5. The monoisotopic (exact) mass is 378 g/mol. The maximum atomic E-state index is 14.1. The summed E-state index contributed by atoms with van der Waals surface area (Å²) < 4.78 is 15.7. The highest BCUT2D eigenvalue weighted by Gasteiger charge is 2.18. The lowest BCUT2D eigenvalue weighted by Crippen LogP contribution is -2.18. The third-order valence-corrected chi connectivity index (χ3v) is 4.38. The number of para-hydroxylation sites is 1. The molecule has 0 unspecified atom stereocenters. The first kappa shape index (κ1) is 18.0. The van der Waals surface area contributed by atoms with Crippen LogP contribution in [0, 0.1) is 5.82 Å². The van der Waals surface area contributed by atoms with Gasteiger partial charge in [0.25, 0.3) is 0 Å². The van der Waals surface area contributed by atoms with Crippen molar-refractivity contribution in [3.63, 3.8) is 0 Å². The minimum Gasteiger partial charge on any atom is -0.384 e. The molecular weight excluding hydrogens is 359 g/mol. The van der Waals surface area contributed by atoms with Crippen molar-refractivity contribution < 1.29 is 9.50 Å². The van der Waals surface area contributed by atoms with Crippen LogP contribution in [0.1, 0.15) is 25.2 Å². The van der Waals surface area contributed by atoms with Gasteiger partial charge in [0.1, 0.15) is 28.4 Å². The fraction of sp³-hybridized carbons (Fsp3) is 0.200. The molecule has 142 valence electrons. The highest BCUT2D eigenvalue weighted by Crippen LogP contribution is 2.29. The predicted octanol–water partition coefficient (Wildman–Crippen LogP) is 2.89. The quantitative estimate of drug-likeness (QED) is 0.566. The summed E-state index contributed by atoms with van der Waals surface area (Å²) in [5, 5.41) is 19.1. The van der Waals surface area contributed by atoms with Crippen molar-refractivity contribution in [3.8, 4) is 11.3 Å². The topological polar surface area (TPSA) is 103 Å². The second-order valence-corrected chi connectivity index (χ2v) is 7.11. The van der Waals surface area contributed by atoms with E-state index in [0.29, 0.717) is 28.9 Å². The zero-order valence-corrected chi connectivity index (χ0v) is 15.5. The van der Waals surface area contributed by atoms with E-state index < -0.39 is 11.4 Å². The average Bonchev–Trinajstić information content (AvgIpc) is 3.10. The Labute approximate surface area is 160 Å². The van der Waals surface area contributed by atoms with Crippen molar-refractivity contribution in [2.45, 2.75) is 26.0 Å². The van der Waals surface area contributed by atoms with Gasteiger partial charge in [-0.3, -0.25) is 4.98 Å². The van der Waals surface area contributed by atoms with Gasteiger partial charge in [-0.1, -0.05) is 23.4 Å². The number of pyridine rings is 2. The zero-order chi connectivity index (χ0) is 19.9. The van der Waals surface area contributed by atoms with E-state index >= 15 is 0 Å². The third kappa shape index (κ3) is 3.41. The second-order valence-electron chi connectivity index (χ2n) is 7.11. The molecule has 1 aromatic carbocycles. The Bertz CT molecular complexity index is 1170. The van der Waals surface area contributed by atoms with Crippen molar-refractivity contribution in [3.05, 3.63) is 65.9 Å². The van der Waals surface area contributed by atoms with Gasteiger partial charge in [0.2, 0.25) is 0 Å². The van der Waals surface area contributed by atoms with Crippen LogP contribution >= 0.6 is 0 Å². The number of hydrogen-bond acceptors (Lipinski definition) is 6. The first-order valence-corrected chi connectivity index (χ1v) is 8.75. The number of anilines is 1. The lowest BCUT2D eigenvalue weighted by Gasteiger charge is -2.17. The third-order valence-electron chi connectivity index (χ3n) is 4.38. The molecule has 0 amide bonds. The number of fused-ring (bicyclic) bond motifs is 1. The molecule has 0 bridgehead atoms. The van der Waals surface area contributed by atoms with Gasteiger partial charge < -0.3 is 10.8 Å². The molecule has 3 aromatic heterocycles. The first-order chi connectivity index (χ1) is 13.3. The summed E-state index contributed by atoms with van der Waals surface area (Å²) in [5.41, 5.74) is 7.56. The van der Waals surface area contributed by atoms with Gasteiger partial charge in [-0.2, -0.15) is 0 Å². The maximum Gasteiger partial charge on any atom is 0.149 e. The normalized spacial score (nSPS) is 11.9. The van der Waals surface area contributed by atoms with Gasteiger partial charge in [-0.15, -0.1) is 5.10 Å². The number of nitrogen functional groups attached to an aromatic ring is 1. The molecule has 8 heteroatoms. The van der Waals surface area contributed by atoms with E-state index in [-0.39, 0.29) is 11.3 Å². The molecular formula is C20H19FN6O. The van der Waals surface area contributed by atoms with E-state index in [1.807, 2.05) is 12.1 Å². The van der Waals surface area contributed by atoms with Crippen LogP contribution in [0.25, 0.3) is 22.2 Å². The van der Waals surface area contributed by atoms with Gasteiger partial charge in [0, 0.05) is 10.9 Å². The Morgan fingerprint density at radius 3 is 2.71 bits per heavy atom. The molecule has 4 rings (SSSR count). The number of rotatable bonds is 4. The Kier molecular flexibility index (Phi) is 4.27. The molecule has 0 saturated carbocycles. The van der Waals surface area contributed by atoms with Crippen molar-refractivity contribution in [1.82, 2.24) is 25.0 Å². The highest BCUT2D eigenvalue weighted by molar-refractivity contribution is 5.95. The Hall–Kier alpha value is -3.39. The van der Waals surface area contributed by atoms with Crippen LogP contribution in [0.5, 0.6) is 0 Å². The van der Waals surface area contributed by atoms with Crippen LogP contribution in [0.3, 0.4) is 0 Å². The summed E-state index contributed by atoms with van der Waals surface area (Å²) >= 11 is 0. The lowest BCUT2D eigenvalue weighted by molar-refractivity contribution is 0.0736. The van der Waals surface area contributed by atoms with Gasteiger partial charge in [0.05, 0.1) is 24.1 Å². The van der Waals surface area contributed by atoms with Crippen molar-refractivity contribution >= 4 is 16.7 Å². The highest BCUT2D eigenvalue weighted by atomic mass is 19.1. The number of aliphatic hydroxyl groups is 1. The van der Waals surface area contributed by atoms with E-state index in [1.165, 1.54) is 6.07 Å². The molecule has 0 aliphatic rings. The van der Waals surface area contributed by atoms with E-state index in [0.717, 1.165) is 5.69 Å². The van der Waals surface area contributed by atoms with E-state index in [9.17, 15) is 9.50 Å². The minimum atomic E-state index is -1.03. The molecule has 0 aliphatic heterocycles. The summed E-state index contributed by atoms with van der Waals surface area (Å²) in [6.07, 6.45) is 1.75. The molecule has 28 heavy (non-hydrogen) atoms. The lowest BCUT2D eigenvalue weighted by atomic mass is 10.0. The Morgan fingerprint density at radius 1 is 1.14 bits per heavy atom. The molecule has 0 spiro atoms. The molecule has 0 atom stereocenters.